The van der Waals surface area contributed by atoms with E-state index in [9.17, 15) is 9.18 Å². The average Bonchev–Trinajstić information content (AvgIpc) is 3.06. The molecule has 0 spiro atoms. The number of rotatable bonds is 4. The third-order valence-corrected chi connectivity index (χ3v) is 4.22. The minimum absolute atomic E-state index is 0.0584. The summed E-state index contributed by atoms with van der Waals surface area (Å²) in [5.74, 6) is -0.736. The monoisotopic (exact) mass is 333 g/mol. The van der Waals surface area contributed by atoms with Crippen molar-refractivity contribution in [3.8, 4) is 0 Å². The highest BCUT2D eigenvalue weighted by atomic mass is 35.5. The van der Waals surface area contributed by atoms with Crippen LogP contribution in [0.4, 0.5) is 4.39 Å². The van der Waals surface area contributed by atoms with Crippen molar-refractivity contribution in [3.63, 3.8) is 0 Å². The average molecular weight is 334 g/mol. The number of benzene rings is 2. The fraction of sp³-hybridized carbons (Fsp3) is 0.235. The maximum Gasteiger partial charge on any atom is 0.226 e. The Morgan fingerprint density at radius 2 is 2.04 bits per heavy atom. The molecule has 1 aliphatic heterocycles. The van der Waals surface area contributed by atoms with Crippen LogP contribution >= 0.6 is 11.6 Å². The molecular weight excluding hydrogens is 317 g/mol. The highest BCUT2D eigenvalue weighted by Crippen LogP contribution is 2.25. The molecule has 3 N–H and O–H groups in total. The number of hydrazine groups is 1. The van der Waals surface area contributed by atoms with Crippen LogP contribution in [0.25, 0.3) is 0 Å². The first kappa shape index (κ1) is 15.9. The van der Waals surface area contributed by atoms with Gasteiger partial charge in [-0.1, -0.05) is 48.0 Å². The Hall–Kier alpha value is -1.95. The van der Waals surface area contributed by atoms with E-state index >= 15 is 0 Å². The summed E-state index contributed by atoms with van der Waals surface area (Å²) < 4.78 is 13.1. The van der Waals surface area contributed by atoms with Gasteiger partial charge in [-0.05, 0) is 23.3 Å². The molecule has 1 amide bonds. The molecule has 4 nitrogen and oxygen atoms in total. The van der Waals surface area contributed by atoms with Crippen LogP contribution in [-0.2, 0) is 11.3 Å². The lowest BCUT2D eigenvalue weighted by molar-refractivity contribution is -0.125. The van der Waals surface area contributed by atoms with Gasteiger partial charge in [-0.2, -0.15) is 0 Å². The number of halogens is 2. The van der Waals surface area contributed by atoms with Crippen LogP contribution in [0.1, 0.15) is 17.2 Å². The Morgan fingerprint density at radius 3 is 2.78 bits per heavy atom. The lowest BCUT2D eigenvalue weighted by atomic mass is 9.94. The predicted molar refractivity (Wildman–Crippen MR) is 87.1 cm³/mol. The van der Waals surface area contributed by atoms with Crippen molar-refractivity contribution in [3.05, 3.63) is 70.5 Å². The summed E-state index contributed by atoms with van der Waals surface area (Å²) in [6.07, 6.45) is 0. The van der Waals surface area contributed by atoms with Crippen molar-refractivity contribution in [1.82, 2.24) is 16.2 Å². The third-order valence-electron chi connectivity index (χ3n) is 3.93. The van der Waals surface area contributed by atoms with Crippen molar-refractivity contribution < 1.29 is 9.18 Å². The molecule has 120 valence electrons. The molecule has 6 heteroatoms. The zero-order valence-corrected chi connectivity index (χ0v) is 13.1. The molecule has 1 saturated heterocycles. The van der Waals surface area contributed by atoms with Gasteiger partial charge in [0.2, 0.25) is 5.91 Å². The number of carbonyl (C=O) groups is 1. The molecule has 0 bridgehead atoms. The summed E-state index contributed by atoms with van der Waals surface area (Å²) in [6.45, 7) is 0.867. The number of carbonyl (C=O) groups excluding carboxylic acids is 1. The lowest BCUT2D eigenvalue weighted by Gasteiger charge is -2.18. The maximum atomic E-state index is 13.1. The summed E-state index contributed by atoms with van der Waals surface area (Å²) in [5.41, 5.74) is 7.99. The van der Waals surface area contributed by atoms with Gasteiger partial charge in [-0.25, -0.2) is 9.82 Å². The van der Waals surface area contributed by atoms with Crippen LogP contribution in [-0.4, -0.2) is 12.5 Å². The van der Waals surface area contributed by atoms with Gasteiger partial charge in [0, 0.05) is 13.1 Å². The molecular formula is C17H17ClFN3O. The van der Waals surface area contributed by atoms with Gasteiger partial charge in [0.1, 0.15) is 5.82 Å². The van der Waals surface area contributed by atoms with Gasteiger partial charge < -0.3 is 5.32 Å². The van der Waals surface area contributed by atoms with E-state index < -0.39 is 5.82 Å². The van der Waals surface area contributed by atoms with Crippen molar-refractivity contribution in [2.45, 2.75) is 12.6 Å². The Balaban J connectivity index is 1.64. The van der Waals surface area contributed by atoms with E-state index in [1.165, 1.54) is 12.1 Å². The smallest absolute Gasteiger partial charge is 0.226 e. The summed E-state index contributed by atoms with van der Waals surface area (Å²) in [7, 11) is 0. The molecule has 2 aromatic carbocycles. The molecule has 2 aromatic rings. The Labute approximate surface area is 139 Å². The van der Waals surface area contributed by atoms with Crippen LogP contribution in [0.15, 0.2) is 48.5 Å². The topological polar surface area (TPSA) is 53.2 Å². The fourth-order valence-corrected chi connectivity index (χ4v) is 2.89. The van der Waals surface area contributed by atoms with E-state index in [1.54, 1.807) is 6.07 Å². The van der Waals surface area contributed by atoms with E-state index in [2.05, 4.69) is 16.2 Å². The minimum Gasteiger partial charge on any atom is -0.352 e. The second kappa shape index (κ2) is 7.08. The second-order valence-corrected chi connectivity index (χ2v) is 5.89. The first-order valence-electron chi connectivity index (χ1n) is 7.40. The molecule has 2 unspecified atom stereocenters. The number of amides is 1. The molecule has 1 fully saturated rings. The standard InChI is InChI=1S/C17H17ClFN3O/c18-14-8-11(6-7-15(14)19)9-20-17(23)13-10-21-22-16(13)12-4-2-1-3-5-12/h1-8,13,16,21-22H,9-10H2,(H,20,23). The molecule has 0 aliphatic carbocycles. The van der Waals surface area contributed by atoms with Crippen LogP contribution < -0.4 is 16.2 Å². The van der Waals surface area contributed by atoms with Gasteiger partial charge in [-0.3, -0.25) is 10.2 Å². The van der Waals surface area contributed by atoms with Crippen molar-refractivity contribution >= 4 is 17.5 Å². The molecule has 0 saturated carbocycles. The Bertz CT molecular complexity index is 695. The highest BCUT2D eigenvalue weighted by Gasteiger charge is 2.33. The third kappa shape index (κ3) is 3.69. The Morgan fingerprint density at radius 1 is 1.26 bits per heavy atom. The van der Waals surface area contributed by atoms with Crippen LogP contribution in [0.2, 0.25) is 5.02 Å². The lowest BCUT2D eigenvalue weighted by Crippen LogP contribution is -2.34. The minimum atomic E-state index is -0.463. The molecule has 0 radical (unpaired) electrons. The predicted octanol–water partition coefficient (Wildman–Crippen LogP) is 2.56. The van der Waals surface area contributed by atoms with Crippen LogP contribution in [0, 0.1) is 11.7 Å². The molecule has 1 aliphatic rings. The van der Waals surface area contributed by atoms with E-state index in [0.717, 1.165) is 11.1 Å². The van der Waals surface area contributed by atoms with E-state index in [1.807, 2.05) is 30.3 Å². The van der Waals surface area contributed by atoms with Crippen LogP contribution in [0.5, 0.6) is 0 Å². The number of hydrogen-bond donors (Lipinski definition) is 3. The van der Waals surface area contributed by atoms with Gasteiger partial charge in [0.05, 0.1) is 17.0 Å². The molecule has 3 rings (SSSR count). The second-order valence-electron chi connectivity index (χ2n) is 5.49. The van der Waals surface area contributed by atoms with Gasteiger partial charge >= 0.3 is 0 Å². The van der Waals surface area contributed by atoms with Crippen molar-refractivity contribution in [2.75, 3.05) is 6.54 Å². The fourth-order valence-electron chi connectivity index (χ4n) is 2.69. The zero-order chi connectivity index (χ0) is 16.2. The normalized spacial score (nSPS) is 20.4. The number of nitrogens with one attached hydrogen (secondary N) is 3. The molecule has 0 aromatic heterocycles. The van der Waals surface area contributed by atoms with Crippen LogP contribution in [0.3, 0.4) is 0 Å². The van der Waals surface area contributed by atoms with Crippen molar-refractivity contribution in [2.24, 2.45) is 5.92 Å². The molecule has 1 heterocycles. The SMILES string of the molecule is O=C(NCc1ccc(F)c(Cl)c1)C1CNNC1c1ccccc1. The first-order valence-corrected chi connectivity index (χ1v) is 7.78. The molecule has 23 heavy (non-hydrogen) atoms. The molecule has 2 atom stereocenters. The largest absolute Gasteiger partial charge is 0.352 e. The summed E-state index contributed by atoms with van der Waals surface area (Å²) in [4.78, 5) is 12.5. The van der Waals surface area contributed by atoms with E-state index in [-0.39, 0.29) is 22.9 Å². The number of hydrogen-bond acceptors (Lipinski definition) is 3. The summed E-state index contributed by atoms with van der Waals surface area (Å²) in [6, 6.07) is 14.2. The Kier molecular flexibility index (Phi) is 4.91. The quantitative estimate of drug-likeness (QED) is 0.806. The highest BCUT2D eigenvalue weighted by molar-refractivity contribution is 6.30. The first-order chi connectivity index (χ1) is 11.1. The summed E-state index contributed by atoms with van der Waals surface area (Å²) in [5, 5.41) is 2.95. The summed E-state index contributed by atoms with van der Waals surface area (Å²) >= 11 is 5.75. The van der Waals surface area contributed by atoms with Gasteiger partial charge in [0.15, 0.2) is 0 Å². The van der Waals surface area contributed by atoms with Gasteiger partial charge in [-0.15, -0.1) is 0 Å². The van der Waals surface area contributed by atoms with Crippen molar-refractivity contribution in [1.29, 1.82) is 0 Å². The zero-order valence-electron chi connectivity index (χ0n) is 12.4. The van der Waals surface area contributed by atoms with E-state index in [0.29, 0.717) is 13.1 Å². The maximum absolute atomic E-state index is 13.1. The van der Waals surface area contributed by atoms with Gasteiger partial charge in [0.25, 0.3) is 0 Å². The van der Waals surface area contributed by atoms with E-state index in [4.69, 9.17) is 11.6 Å².